The van der Waals surface area contributed by atoms with Crippen LogP contribution in [0.5, 0.6) is 0 Å². The second-order valence-corrected chi connectivity index (χ2v) is 5.17. The van der Waals surface area contributed by atoms with Crippen molar-refractivity contribution >= 4 is 17.6 Å². The van der Waals surface area contributed by atoms with E-state index >= 15 is 0 Å². The van der Waals surface area contributed by atoms with E-state index in [1.165, 1.54) is 6.07 Å². The van der Waals surface area contributed by atoms with E-state index in [1.54, 1.807) is 0 Å². The van der Waals surface area contributed by atoms with Gasteiger partial charge in [0.2, 0.25) is 5.91 Å². The third-order valence-electron chi connectivity index (χ3n) is 3.66. The first kappa shape index (κ1) is 14.5. The van der Waals surface area contributed by atoms with E-state index in [0.29, 0.717) is 12.8 Å². The summed E-state index contributed by atoms with van der Waals surface area (Å²) < 4.78 is 13.1. The number of amides is 1. The molecule has 1 aliphatic carbocycles. The lowest BCUT2D eigenvalue weighted by atomic mass is 9.82. The average Bonchev–Trinajstić information content (AvgIpc) is 2.41. The number of carboxylic acid groups (broad SMARTS) is 1. The number of halogens is 1. The Labute approximate surface area is 116 Å². The molecule has 20 heavy (non-hydrogen) atoms. The Morgan fingerprint density at radius 2 is 1.90 bits per heavy atom. The highest BCUT2D eigenvalue weighted by atomic mass is 19.1. The normalized spacial score (nSPS) is 17.5. The number of aromatic carboxylic acids is 1. The second-order valence-electron chi connectivity index (χ2n) is 5.17. The number of rotatable bonds is 3. The Bertz CT molecular complexity index is 539. The number of nitrogens with two attached hydrogens (primary N) is 1. The third kappa shape index (κ3) is 2.96. The first-order chi connectivity index (χ1) is 9.42. The molecule has 1 fully saturated rings. The Balaban J connectivity index is 2.21. The molecule has 1 aliphatic rings. The van der Waals surface area contributed by atoms with E-state index < -0.39 is 23.2 Å². The molecule has 0 heterocycles. The second kappa shape index (κ2) is 5.58. The van der Waals surface area contributed by atoms with Crippen molar-refractivity contribution in [2.45, 2.75) is 37.6 Å². The summed E-state index contributed by atoms with van der Waals surface area (Å²) in [5.41, 5.74) is 4.89. The van der Waals surface area contributed by atoms with Crippen LogP contribution >= 0.6 is 0 Å². The molecule has 0 saturated heterocycles. The fraction of sp³-hybridized carbons (Fsp3) is 0.429. The minimum absolute atomic E-state index is 0.0688. The Morgan fingerprint density at radius 1 is 1.25 bits per heavy atom. The van der Waals surface area contributed by atoms with Crippen LogP contribution in [0.1, 0.15) is 42.5 Å². The maximum absolute atomic E-state index is 13.1. The molecule has 108 valence electrons. The molecule has 1 aromatic rings. The summed E-state index contributed by atoms with van der Waals surface area (Å²) in [6.07, 6.45) is 3.94. The van der Waals surface area contributed by atoms with Crippen LogP contribution in [0.4, 0.5) is 10.1 Å². The lowest BCUT2D eigenvalue weighted by molar-refractivity contribution is -0.122. The smallest absolute Gasteiger partial charge is 0.337 e. The molecule has 0 atom stereocenters. The molecular weight excluding hydrogens is 263 g/mol. The van der Waals surface area contributed by atoms with Crippen molar-refractivity contribution in [3.63, 3.8) is 0 Å². The summed E-state index contributed by atoms with van der Waals surface area (Å²) in [5.74, 6) is -2.37. The van der Waals surface area contributed by atoms with Gasteiger partial charge < -0.3 is 16.2 Å². The van der Waals surface area contributed by atoms with Crippen molar-refractivity contribution in [1.82, 2.24) is 0 Å². The van der Waals surface area contributed by atoms with Crippen LogP contribution in [0.25, 0.3) is 0 Å². The van der Waals surface area contributed by atoms with E-state index in [0.717, 1.165) is 31.4 Å². The molecule has 1 amide bonds. The number of carbonyl (C=O) groups is 2. The Hall–Kier alpha value is -1.95. The van der Waals surface area contributed by atoms with Crippen molar-refractivity contribution in [2.24, 2.45) is 5.73 Å². The SMILES string of the molecule is NC1(C(=O)Nc2ccc(F)cc2C(=O)O)CCCCC1. The molecule has 0 aliphatic heterocycles. The van der Waals surface area contributed by atoms with Crippen LogP contribution in [0.2, 0.25) is 0 Å². The lowest BCUT2D eigenvalue weighted by Crippen LogP contribution is -2.52. The monoisotopic (exact) mass is 280 g/mol. The van der Waals surface area contributed by atoms with Crippen LogP contribution in [0.15, 0.2) is 18.2 Å². The van der Waals surface area contributed by atoms with Gasteiger partial charge in [-0.05, 0) is 31.0 Å². The summed E-state index contributed by atoms with van der Waals surface area (Å²) in [4.78, 5) is 23.3. The summed E-state index contributed by atoms with van der Waals surface area (Å²) in [6, 6.07) is 3.22. The minimum atomic E-state index is -1.30. The van der Waals surface area contributed by atoms with E-state index in [4.69, 9.17) is 10.8 Å². The highest BCUT2D eigenvalue weighted by molar-refractivity contribution is 6.03. The maximum Gasteiger partial charge on any atom is 0.337 e. The van der Waals surface area contributed by atoms with Crippen LogP contribution in [0, 0.1) is 5.82 Å². The van der Waals surface area contributed by atoms with Gasteiger partial charge in [0, 0.05) is 0 Å². The van der Waals surface area contributed by atoms with Gasteiger partial charge in [0.25, 0.3) is 0 Å². The summed E-state index contributed by atoms with van der Waals surface area (Å²) in [5, 5.41) is 11.5. The molecule has 1 saturated carbocycles. The van der Waals surface area contributed by atoms with Gasteiger partial charge in [0.1, 0.15) is 5.82 Å². The fourth-order valence-electron chi connectivity index (χ4n) is 2.46. The van der Waals surface area contributed by atoms with Gasteiger partial charge in [0.15, 0.2) is 0 Å². The number of carboxylic acids is 1. The van der Waals surface area contributed by atoms with Gasteiger partial charge in [-0.3, -0.25) is 4.79 Å². The number of hydrogen-bond acceptors (Lipinski definition) is 3. The van der Waals surface area contributed by atoms with Gasteiger partial charge in [-0.15, -0.1) is 0 Å². The molecule has 2 rings (SSSR count). The highest BCUT2D eigenvalue weighted by Gasteiger charge is 2.35. The zero-order valence-corrected chi connectivity index (χ0v) is 11.0. The van der Waals surface area contributed by atoms with E-state index in [1.807, 2.05) is 0 Å². The number of anilines is 1. The first-order valence-corrected chi connectivity index (χ1v) is 6.55. The number of carbonyl (C=O) groups excluding carboxylic acids is 1. The molecular formula is C14H17FN2O3. The van der Waals surface area contributed by atoms with Crippen molar-refractivity contribution in [1.29, 1.82) is 0 Å². The molecule has 4 N–H and O–H groups in total. The van der Waals surface area contributed by atoms with Crippen LogP contribution in [0.3, 0.4) is 0 Å². The van der Waals surface area contributed by atoms with Crippen molar-refractivity contribution in [2.75, 3.05) is 5.32 Å². The lowest BCUT2D eigenvalue weighted by Gasteiger charge is -2.31. The standard InChI is InChI=1S/C14H17FN2O3/c15-9-4-5-11(10(8-9)12(18)19)17-13(20)14(16)6-2-1-3-7-14/h4-5,8H,1-3,6-7,16H2,(H,17,20)(H,18,19). The zero-order valence-electron chi connectivity index (χ0n) is 11.0. The molecule has 6 heteroatoms. The van der Waals surface area contributed by atoms with Crippen molar-refractivity contribution in [3.05, 3.63) is 29.6 Å². The maximum atomic E-state index is 13.1. The van der Waals surface area contributed by atoms with E-state index in [-0.39, 0.29) is 11.3 Å². The molecule has 0 unspecified atom stereocenters. The van der Waals surface area contributed by atoms with Gasteiger partial charge in [0.05, 0.1) is 16.8 Å². The Morgan fingerprint density at radius 3 is 2.50 bits per heavy atom. The number of benzene rings is 1. The quantitative estimate of drug-likeness (QED) is 0.790. The third-order valence-corrected chi connectivity index (χ3v) is 3.66. The van der Waals surface area contributed by atoms with Crippen LogP contribution in [-0.2, 0) is 4.79 Å². The molecule has 1 aromatic carbocycles. The predicted octanol–water partition coefficient (Wildman–Crippen LogP) is 2.12. The predicted molar refractivity (Wildman–Crippen MR) is 72.0 cm³/mol. The Kier molecular flexibility index (Phi) is 4.04. The fourth-order valence-corrected chi connectivity index (χ4v) is 2.46. The van der Waals surface area contributed by atoms with Crippen LogP contribution < -0.4 is 11.1 Å². The summed E-state index contributed by atoms with van der Waals surface area (Å²) >= 11 is 0. The minimum Gasteiger partial charge on any atom is -0.478 e. The largest absolute Gasteiger partial charge is 0.478 e. The topological polar surface area (TPSA) is 92.4 Å². The number of hydrogen-bond donors (Lipinski definition) is 3. The highest BCUT2D eigenvalue weighted by Crippen LogP contribution is 2.28. The van der Waals surface area contributed by atoms with Crippen LogP contribution in [-0.4, -0.2) is 22.5 Å². The first-order valence-electron chi connectivity index (χ1n) is 6.55. The molecule has 0 spiro atoms. The van der Waals surface area contributed by atoms with Gasteiger partial charge in [-0.1, -0.05) is 19.3 Å². The molecule has 0 radical (unpaired) electrons. The van der Waals surface area contributed by atoms with Gasteiger partial charge >= 0.3 is 5.97 Å². The van der Waals surface area contributed by atoms with E-state index in [9.17, 15) is 14.0 Å². The molecule has 5 nitrogen and oxygen atoms in total. The molecule has 0 aromatic heterocycles. The van der Waals surface area contributed by atoms with Gasteiger partial charge in [-0.25, -0.2) is 9.18 Å². The van der Waals surface area contributed by atoms with E-state index in [2.05, 4.69) is 5.32 Å². The zero-order chi connectivity index (χ0) is 14.8. The molecule has 0 bridgehead atoms. The summed E-state index contributed by atoms with van der Waals surface area (Å²) in [6.45, 7) is 0. The van der Waals surface area contributed by atoms with Gasteiger partial charge in [-0.2, -0.15) is 0 Å². The average molecular weight is 280 g/mol. The number of nitrogens with one attached hydrogen (secondary N) is 1. The van der Waals surface area contributed by atoms with Crippen molar-refractivity contribution in [3.8, 4) is 0 Å². The van der Waals surface area contributed by atoms with Crippen molar-refractivity contribution < 1.29 is 19.1 Å². The summed E-state index contributed by atoms with van der Waals surface area (Å²) in [7, 11) is 0.